The summed E-state index contributed by atoms with van der Waals surface area (Å²) in [7, 11) is 1.99. The van der Waals surface area contributed by atoms with E-state index < -0.39 is 0 Å². The Hall–Kier alpha value is -0.810. The number of hydrogen-bond donors (Lipinski definition) is 1. The molecule has 0 aromatic rings. The normalized spacial score (nSPS) is 22.3. The molecule has 134 valence electrons. The van der Waals surface area contributed by atoms with Crippen molar-refractivity contribution in [1.29, 1.82) is 0 Å². The summed E-state index contributed by atoms with van der Waals surface area (Å²) in [6, 6.07) is -0.205. The highest BCUT2D eigenvalue weighted by atomic mass is 35.5. The fraction of sp³-hybridized carbons (Fsp3) is 0.882. The second kappa shape index (κ2) is 9.48. The molecular weight excluding hydrogens is 314 g/mol. The van der Waals surface area contributed by atoms with Gasteiger partial charge in [0, 0.05) is 25.6 Å². The lowest BCUT2D eigenvalue weighted by Gasteiger charge is -2.36. The Morgan fingerprint density at radius 1 is 1.13 bits per heavy atom. The largest absolute Gasteiger partial charge is 0.341 e. The molecule has 2 saturated heterocycles. The lowest BCUT2D eigenvalue weighted by Crippen LogP contribution is -2.50. The van der Waals surface area contributed by atoms with Crippen molar-refractivity contribution in [3.05, 3.63) is 0 Å². The van der Waals surface area contributed by atoms with E-state index in [0.717, 1.165) is 57.8 Å². The smallest absolute Gasteiger partial charge is 0.245 e. The predicted molar refractivity (Wildman–Crippen MR) is 94.7 cm³/mol. The minimum Gasteiger partial charge on any atom is -0.341 e. The molecule has 2 fully saturated rings. The maximum Gasteiger partial charge on any atom is 0.245 e. The molecule has 2 rings (SSSR count). The molecule has 0 bridgehead atoms. The first-order valence-electron chi connectivity index (χ1n) is 8.78. The monoisotopic (exact) mass is 345 g/mol. The Morgan fingerprint density at radius 2 is 1.78 bits per heavy atom. The third-order valence-electron chi connectivity index (χ3n) is 5.04. The van der Waals surface area contributed by atoms with Crippen molar-refractivity contribution in [3.8, 4) is 0 Å². The number of hydrogen-bond acceptors (Lipinski definition) is 3. The zero-order chi connectivity index (χ0) is 16.1. The molecule has 0 aliphatic carbocycles. The Kier molecular flexibility index (Phi) is 8.34. The van der Waals surface area contributed by atoms with E-state index in [1.54, 1.807) is 0 Å². The van der Waals surface area contributed by atoms with Crippen molar-refractivity contribution in [1.82, 2.24) is 15.1 Å². The average molecular weight is 346 g/mol. The number of rotatable bonds is 5. The van der Waals surface area contributed by atoms with Crippen LogP contribution in [0.2, 0.25) is 0 Å². The van der Waals surface area contributed by atoms with Crippen LogP contribution in [0.1, 0.15) is 46.0 Å². The SMILES string of the molecule is CNCCC1CCN(C(=O)C2CCCN2C(=O)C(C)C)CC1.Cl. The molecule has 6 heteroatoms. The van der Waals surface area contributed by atoms with Crippen LogP contribution >= 0.6 is 12.4 Å². The Balaban J connectivity index is 0.00000264. The van der Waals surface area contributed by atoms with Crippen molar-refractivity contribution >= 4 is 24.2 Å². The van der Waals surface area contributed by atoms with E-state index in [1.165, 1.54) is 6.42 Å². The fourth-order valence-electron chi connectivity index (χ4n) is 3.62. The van der Waals surface area contributed by atoms with Crippen LogP contribution in [0.25, 0.3) is 0 Å². The van der Waals surface area contributed by atoms with Gasteiger partial charge in [-0.05, 0) is 51.6 Å². The quantitative estimate of drug-likeness (QED) is 0.828. The van der Waals surface area contributed by atoms with Gasteiger partial charge in [0.05, 0.1) is 0 Å². The van der Waals surface area contributed by atoms with E-state index in [1.807, 2.05) is 30.7 Å². The van der Waals surface area contributed by atoms with E-state index in [4.69, 9.17) is 0 Å². The summed E-state index contributed by atoms with van der Waals surface area (Å²) < 4.78 is 0. The van der Waals surface area contributed by atoms with Crippen molar-refractivity contribution in [2.75, 3.05) is 33.2 Å². The summed E-state index contributed by atoms with van der Waals surface area (Å²) in [5.74, 6) is 1.01. The highest BCUT2D eigenvalue weighted by Crippen LogP contribution is 2.25. The molecule has 0 saturated carbocycles. The van der Waals surface area contributed by atoms with Gasteiger partial charge in [0.1, 0.15) is 6.04 Å². The molecule has 2 heterocycles. The van der Waals surface area contributed by atoms with Gasteiger partial charge in [0.15, 0.2) is 0 Å². The van der Waals surface area contributed by atoms with Gasteiger partial charge >= 0.3 is 0 Å². The van der Waals surface area contributed by atoms with Gasteiger partial charge in [-0.25, -0.2) is 0 Å². The van der Waals surface area contributed by atoms with Crippen LogP contribution in [-0.2, 0) is 9.59 Å². The summed E-state index contributed by atoms with van der Waals surface area (Å²) in [4.78, 5) is 28.9. The molecule has 0 spiro atoms. The second-order valence-corrected chi connectivity index (χ2v) is 7.01. The minimum absolute atomic E-state index is 0. The van der Waals surface area contributed by atoms with Gasteiger partial charge in [0.2, 0.25) is 11.8 Å². The van der Waals surface area contributed by atoms with Crippen molar-refractivity contribution in [2.24, 2.45) is 11.8 Å². The van der Waals surface area contributed by atoms with Crippen molar-refractivity contribution in [3.63, 3.8) is 0 Å². The molecule has 1 atom stereocenters. The first kappa shape index (κ1) is 20.2. The van der Waals surface area contributed by atoms with E-state index in [9.17, 15) is 9.59 Å². The van der Waals surface area contributed by atoms with E-state index in [0.29, 0.717) is 0 Å². The number of amides is 2. The number of likely N-dealkylation sites (tertiary alicyclic amines) is 2. The van der Waals surface area contributed by atoms with Crippen molar-refractivity contribution in [2.45, 2.75) is 52.0 Å². The molecule has 23 heavy (non-hydrogen) atoms. The van der Waals surface area contributed by atoms with Gasteiger partial charge < -0.3 is 15.1 Å². The third kappa shape index (κ3) is 5.08. The topological polar surface area (TPSA) is 52.7 Å². The van der Waals surface area contributed by atoms with Crippen LogP contribution in [0.5, 0.6) is 0 Å². The zero-order valence-electron chi connectivity index (χ0n) is 14.7. The molecule has 2 aliphatic heterocycles. The van der Waals surface area contributed by atoms with Gasteiger partial charge in [-0.2, -0.15) is 0 Å². The summed E-state index contributed by atoms with van der Waals surface area (Å²) in [6.07, 6.45) is 5.17. The highest BCUT2D eigenvalue weighted by molar-refractivity contribution is 5.89. The summed E-state index contributed by atoms with van der Waals surface area (Å²) in [5.41, 5.74) is 0. The maximum atomic E-state index is 12.8. The number of halogens is 1. The Morgan fingerprint density at radius 3 is 2.35 bits per heavy atom. The Labute approximate surface area is 146 Å². The molecule has 0 aromatic carbocycles. The molecule has 0 radical (unpaired) electrons. The average Bonchev–Trinajstić information content (AvgIpc) is 3.01. The standard InChI is InChI=1S/C17H31N3O2.ClH/c1-13(2)16(21)20-10-4-5-15(20)17(22)19-11-7-14(8-12-19)6-9-18-3;/h13-15,18H,4-12H2,1-3H3;1H. The van der Waals surface area contributed by atoms with Gasteiger partial charge in [0.25, 0.3) is 0 Å². The summed E-state index contributed by atoms with van der Waals surface area (Å²) in [6.45, 7) is 7.33. The van der Waals surface area contributed by atoms with E-state index >= 15 is 0 Å². The molecule has 0 aromatic heterocycles. The first-order valence-corrected chi connectivity index (χ1v) is 8.78. The van der Waals surface area contributed by atoms with Crippen molar-refractivity contribution < 1.29 is 9.59 Å². The lowest BCUT2D eigenvalue weighted by molar-refractivity contribution is -0.146. The Bertz CT molecular complexity index is 395. The molecule has 1 N–H and O–H groups in total. The first-order chi connectivity index (χ1) is 10.5. The zero-order valence-corrected chi connectivity index (χ0v) is 15.5. The molecule has 2 amide bonds. The number of nitrogens with zero attached hydrogens (tertiary/aromatic N) is 2. The van der Waals surface area contributed by atoms with Crippen LogP contribution in [0.4, 0.5) is 0 Å². The number of piperidine rings is 1. The molecular formula is C17H32ClN3O2. The molecule has 1 unspecified atom stereocenters. The molecule has 5 nitrogen and oxygen atoms in total. The highest BCUT2D eigenvalue weighted by Gasteiger charge is 2.37. The van der Waals surface area contributed by atoms with E-state index in [2.05, 4.69) is 5.32 Å². The van der Waals surface area contributed by atoms with E-state index in [-0.39, 0.29) is 36.2 Å². The predicted octanol–water partition coefficient (Wildman–Crippen LogP) is 1.90. The fourth-order valence-corrected chi connectivity index (χ4v) is 3.62. The maximum absolute atomic E-state index is 12.8. The number of carbonyl (C=O) groups excluding carboxylic acids is 2. The third-order valence-corrected chi connectivity index (χ3v) is 5.04. The van der Waals surface area contributed by atoms with Crippen LogP contribution in [0.15, 0.2) is 0 Å². The minimum atomic E-state index is -0.205. The van der Waals surface area contributed by atoms with Crippen LogP contribution in [0.3, 0.4) is 0 Å². The van der Waals surface area contributed by atoms with Gasteiger partial charge in [-0.3, -0.25) is 9.59 Å². The molecule has 2 aliphatic rings. The second-order valence-electron chi connectivity index (χ2n) is 7.01. The van der Waals surface area contributed by atoms with Crippen LogP contribution < -0.4 is 5.32 Å². The lowest BCUT2D eigenvalue weighted by atomic mass is 9.93. The number of nitrogens with one attached hydrogen (secondary N) is 1. The van der Waals surface area contributed by atoms with Crippen LogP contribution in [0, 0.1) is 11.8 Å². The summed E-state index contributed by atoms with van der Waals surface area (Å²) >= 11 is 0. The van der Waals surface area contributed by atoms with Gasteiger partial charge in [-0.1, -0.05) is 13.8 Å². The number of carbonyl (C=O) groups is 2. The van der Waals surface area contributed by atoms with Gasteiger partial charge in [-0.15, -0.1) is 12.4 Å². The van der Waals surface area contributed by atoms with Crippen LogP contribution in [-0.4, -0.2) is 60.9 Å². The summed E-state index contributed by atoms with van der Waals surface area (Å²) in [5, 5.41) is 3.20.